The highest BCUT2D eigenvalue weighted by Gasteiger charge is 2.28. The van der Waals surface area contributed by atoms with Crippen molar-refractivity contribution in [3.63, 3.8) is 0 Å². The van der Waals surface area contributed by atoms with Gasteiger partial charge in [-0.25, -0.2) is 13.2 Å². The van der Waals surface area contributed by atoms with Crippen LogP contribution in [0.25, 0.3) is 11.8 Å². The van der Waals surface area contributed by atoms with Crippen LogP contribution in [0, 0.1) is 0 Å². The van der Waals surface area contributed by atoms with Gasteiger partial charge < -0.3 is 5.11 Å². The fourth-order valence-electron chi connectivity index (χ4n) is 2.06. The van der Waals surface area contributed by atoms with Crippen molar-refractivity contribution in [3.05, 3.63) is 82.1 Å². The van der Waals surface area contributed by atoms with Crippen molar-refractivity contribution in [3.8, 4) is 0 Å². The number of rotatable bonds is 4. The van der Waals surface area contributed by atoms with E-state index in [1.54, 1.807) is 24.3 Å². The van der Waals surface area contributed by atoms with Crippen LogP contribution in [0.3, 0.4) is 0 Å². The SMILES string of the molecule is CC(F)(F)c1ccccc1/C(O)=C(F)/C=C/c1cccc(Cl)c1. The van der Waals surface area contributed by atoms with Crippen LogP contribution >= 0.6 is 11.6 Å². The largest absolute Gasteiger partial charge is 0.504 e. The zero-order valence-corrected chi connectivity index (χ0v) is 13.0. The minimum Gasteiger partial charge on any atom is -0.504 e. The van der Waals surface area contributed by atoms with Crippen LogP contribution < -0.4 is 0 Å². The number of aliphatic hydroxyl groups excluding tert-OH is 1. The minimum atomic E-state index is -3.19. The molecule has 0 spiro atoms. The summed E-state index contributed by atoms with van der Waals surface area (Å²) in [6.45, 7) is 0.693. The van der Waals surface area contributed by atoms with Crippen LogP contribution in [0.4, 0.5) is 13.2 Å². The van der Waals surface area contributed by atoms with E-state index in [2.05, 4.69) is 0 Å². The maximum atomic E-state index is 14.1. The first kappa shape index (κ1) is 17.2. The number of allylic oxidation sites excluding steroid dienone is 2. The van der Waals surface area contributed by atoms with Gasteiger partial charge in [-0.15, -0.1) is 0 Å². The molecule has 5 heteroatoms. The molecule has 0 saturated carbocycles. The Hall–Kier alpha value is -2.20. The molecule has 0 aliphatic heterocycles. The standard InChI is InChI=1S/C18H14ClF3O/c1-18(21,22)15-8-3-2-7-14(15)17(23)16(20)10-9-12-5-4-6-13(19)11-12/h2-11,23H,1H3/b10-9+,17-16+. The Morgan fingerprint density at radius 2 is 1.83 bits per heavy atom. The van der Waals surface area contributed by atoms with E-state index in [1.165, 1.54) is 24.3 Å². The number of alkyl halides is 2. The molecular formula is C18H14ClF3O. The predicted octanol–water partition coefficient (Wildman–Crippen LogP) is 6.36. The summed E-state index contributed by atoms with van der Waals surface area (Å²) in [7, 11) is 0. The van der Waals surface area contributed by atoms with E-state index < -0.39 is 23.1 Å². The van der Waals surface area contributed by atoms with Crippen molar-refractivity contribution in [1.82, 2.24) is 0 Å². The zero-order chi connectivity index (χ0) is 17.0. The summed E-state index contributed by atoms with van der Waals surface area (Å²) in [6.07, 6.45) is 2.40. The molecular weight excluding hydrogens is 325 g/mol. The summed E-state index contributed by atoms with van der Waals surface area (Å²) in [6, 6.07) is 11.9. The molecule has 2 aromatic rings. The average Bonchev–Trinajstić information content (AvgIpc) is 2.51. The summed E-state index contributed by atoms with van der Waals surface area (Å²) in [5.74, 6) is -5.04. The maximum Gasteiger partial charge on any atom is 0.271 e. The van der Waals surface area contributed by atoms with Gasteiger partial charge in [0.05, 0.1) is 0 Å². The van der Waals surface area contributed by atoms with Gasteiger partial charge in [0.1, 0.15) is 0 Å². The lowest BCUT2D eigenvalue weighted by molar-refractivity contribution is 0.0169. The Kier molecular flexibility index (Phi) is 5.16. The Labute approximate surface area is 137 Å². The summed E-state index contributed by atoms with van der Waals surface area (Å²) in [5, 5.41) is 10.4. The maximum absolute atomic E-state index is 14.1. The number of benzene rings is 2. The summed E-state index contributed by atoms with van der Waals surface area (Å²) < 4.78 is 41.2. The second-order valence-corrected chi connectivity index (χ2v) is 5.46. The van der Waals surface area contributed by atoms with E-state index in [0.717, 1.165) is 12.1 Å². The van der Waals surface area contributed by atoms with Gasteiger partial charge in [-0.3, -0.25) is 0 Å². The normalized spacial score (nSPS) is 13.3. The molecule has 2 rings (SSSR count). The van der Waals surface area contributed by atoms with Gasteiger partial charge in [0.25, 0.3) is 5.92 Å². The number of aliphatic hydroxyl groups is 1. The van der Waals surface area contributed by atoms with E-state index in [1.807, 2.05) is 0 Å². The van der Waals surface area contributed by atoms with E-state index in [-0.39, 0.29) is 5.56 Å². The third-order valence-electron chi connectivity index (χ3n) is 3.15. The predicted molar refractivity (Wildman–Crippen MR) is 87.2 cm³/mol. The molecule has 1 N–H and O–H groups in total. The van der Waals surface area contributed by atoms with Crippen LogP contribution in [-0.2, 0) is 5.92 Å². The smallest absolute Gasteiger partial charge is 0.271 e. The summed E-state index contributed by atoms with van der Waals surface area (Å²) >= 11 is 5.82. The summed E-state index contributed by atoms with van der Waals surface area (Å²) in [5.41, 5.74) is -0.0633. The molecule has 0 atom stereocenters. The monoisotopic (exact) mass is 338 g/mol. The average molecular weight is 339 g/mol. The fraction of sp³-hybridized carbons (Fsp3) is 0.111. The van der Waals surface area contributed by atoms with Crippen molar-refractivity contribution in [1.29, 1.82) is 0 Å². The summed E-state index contributed by atoms with van der Waals surface area (Å²) in [4.78, 5) is 0. The lowest BCUT2D eigenvalue weighted by atomic mass is 10.0. The third-order valence-corrected chi connectivity index (χ3v) is 3.39. The Morgan fingerprint density at radius 1 is 1.13 bits per heavy atom. The van der Waals surface area contributed by atoms with Crippen LogP contribution in [0.5, 0.6) is 0 Å². The molecule has 2 aromatic carbocycles. The van der Waals surface area contributed by atoms with Crippen LogP contribution in [0.1, 0.15) is 23.6 Å². The molecule has 0 heterocycles. The fourth-order valence-corrected chi connectivity index (χ4v) is 2.26. The Balaban J connectivity index is 2.38. The van der Waals surface area contributed by atoms with Gasteiger partial charge >= 0.3 is 0 Å². The first-order chi connectivity index (χ1) is 10.8. The van der Waals surface area contributed by atoms with Crippen molar-refractivity contribution < 1.29 is 18.3 Å². The lowest BCUT2D eigenvalue weighted by Gasteiger charge is -2.15. The lowest BCUT2D eigenvalue weighted by Crippen LogP contribution is -2.10. The minimum absolute atomic E-state index is 0.242. The van der Waals surface area contributed by atoms with E-state index >= 15 is 0 Å². The van der Waals surface area contributed by atoms with E-state index in [9.17, 15) is 18.3 Å². The molecule has 23 heavy (non-hydrogen) atoms. The van der Waals surface area contributed by atoms with Crippen molar-refractivity contribution in [2.45, 2.75) is 12.8 Å². The molecule has 0 radical (unpaired) electrons. The van der Waals surface area contributed by atoms with E-state index in [0.29, 0.717) is 17.5 Å². The molecule has 120 valence electrons. The van der Waals surface area contributed by atoms with Crippen LogP contribution in [0.15, 0.2) is 60.4 Å². The Bertz CT molecular complexity index is 761. The second kappa shape index (κ2) is 6.92. The second-order valence-electron chi connectivity index (χ2n) is 5.02. The highest BCUT2D eigenvalue weighted by molar-refractivity contribution is 6.30. The number of hydrogen-bond donors (Lipinski definition) is 1. The van der Waals surface area contributed by atoms with Crippen molar-refractivity contribution in [2.24, 2.45) is 0 Å². The molecule has 0 aliphatic carbocycles. The molecule has 1 nitrogen and oxygen atoms in total. The molecule has 0 aliphatic rings. The first-order valence-corrected chi connectivity index (χ1v) is 7.17. The molecule has 0 aromatic heterocycles. The highest BCUT2D eigenvalue weighted by Crippen LogP contribution is 2.33. The molecule has 0 unspecified atom stereocenters. The first-order valence-electron chi connectivity index (χ1n) is 6.79. The van der Waals surface area contributed by atoms with Crippen molar-refractivity contribution >= 4 is 23.4 Å². The Morgan fingerprint density at radius 3 is 2.48 bits per heavy atom. The van der Waals surface area contributed by atoms with Crippen molar-refractivity contribution in [2.75, 3.05) is 0 Å². The van der Waals surface area contributed by atoms with Gasteiger partial charge in [-0.1, -0.05) is 54.1 Å². The molecule has 0 saturated heterocycles. The quantitative estimate of drug-likeness (QED) is 0.508. The molecule has 0 bridgehead atoms. The highest BCUT2D eigenvalue weighted by atomic mass is 35.5. The van der Waals surface area contributed by atoms with Gasteiger partial charge in [-0.2, -0.15) is 0 Å². The van der Waals surface area contributed by atoms with Gasteiger partial charge in [0.15, 0.2) is 11.6 Å². The topological polar surface area (TPSA) is 20.2 Å². The van der Waals surface area contributed by atoms with Gasteiger partial charge in [-0.05, 0) is 23.8 Å². The molecule has 0 amide bonds. The van der Waals surface area contributed by atoms with Gasteiger partial charge in [0.2, 0.25) is 0 Å². The molecule has 0 fully saturated rings. The number of halogens is 4. The zero-order valence-electron chi connectivity index (χ0n) is 12.2. The van der Waals surface area contributed by atoms with Crippen LogP contribution in [0.2, 0.25) is 5.02 Å². The van der Waals surface area contributed by atoms with E-state index in [4.69, 9.17) is 11.6 Å². The number of hydrogen-bond acceptors (Lipinski definition) is 1. The third kappa shape index (κ3) is 4.39. The van der Waals surface area contributed by atoms with Gasteiger partial charge in [0, 0.05) is 23.1 Å². The van der Waals surface area contributed by atoms with Crippen LogP contribution in [-0.4, -0.2) is 5.11 Å².